The first-order valence-corrected chi connectivity index (χ1v) is 4.06. The molecule has 1 aliphatic carbocycles. The molecule has 1 fully saturated rings. The number of hydrogen-bond acceptors (Lipinski definition) is 1. The molecule has 0 radical (unpaired) electrons. The summed E-state index contributed by atoms with van der Waals surface area (Å²) in [7, 11) is 0. The maximum atomic E-state index is 9.44. The van der Waals surface area contributed by atoms with Crippen LogP contribution in [0.25, 0.3) is 0 Å². The average molecular weight is 140 g/mol. The molecule has 0 amide bonds. The number of aliphatic hydroxyl groups is 1. The van der Waals surface area contributed by atoms with Gasteiger partial charge in [0, 0.05) is 0 Å². The summed E-state index contributed by atoms with van der Waals surface area (Å²) in [6.07, 6.45) is 5.29. The molecule has 1 saturated carbocycles. The van der Waals surface area contributed by atoms with E-state index in [1.54, 1.807) is 0 Å². The highest BCUT2D eigenvalue weighted by Gasteiger charge is 2.20. The quantitative estimate of drug-likeness (QED) is 0.511. The van der Waals surface area contributed by atoms with Gasteiger partial charge in [-0.05, 0) is 32.1 Å². The van der Waals surface area contributed by atoms with E-state index in [1.807, 2.05) is 0 Å². The minimum atomic E-state index is -0.0834. The third kappa shape index (κ3) is 1.60. The molecule has 0 aliphatic heterocycles. The van der Waals surface area contributed by atoms with Gasteiger partial charge in [0.1, 0.15) is 0 Å². The Bertz CT molecular complexity index is 138. The zero-order valence-corrected chi connectivity index (χ0v) is 6.80. The molecule has 2 atom stereocenters. The predicted molar refractivity (Wildman–Crippen MR) is 42.8 cm³/mol. The van der Waals surface area contributed by atoms with E-state index in [-0.39, 0.29) is 6.10 Å². The second kappa shape index (κ2) is 3.20. The average Bonchev–Trinajstić information content (AvgIpc) is 1.95. The van der Waals surface area contributed by atoms with E-state index < -0.39 is 0 Å². The first kappa shape index (κ1) is 7.80. The van der Waals surface area contributed by atoms with Crippen molar-refractivity contribution in [2.75, 3.05) is 0 Å². The van der Waals surface area contributed by atoms with Crippen molar-refractivity contribution in [3.63, 3.8) is 0 Å². The van der Waals surface area contributed by atoms with Gasteiger partial charge in [-0.25, -0.2) is 0 Å². The molecule has 0 saturated heterocycles. The molecule has 1 nitrogen and oxygen atoms in total. The fourth-order valence-corrected chi connectivity index (χ4v) is 1.44. The molecule has 1 N–H and O–H groups in total. The Hall–Kier alpha value is -0.300. The van der Waals surface area contributed by atoms with Crippen LogP contribution in [-0.2, 0) is 0 Å². The highest BCUT2D eigenvalue weighted by molar-refractivity contribution is 5.05. The Morgan fingerprint density at radius 1 is 1.60 bits per heavy atom. The van der Waals surface area contributed by atoms with Gasteiger partial charge >= 0.3 is 0 Å². The standard InChI is InChI=1S/C9H16O/c1-3-8-5-4-7(2)9(10)6-8/h3,7,9-10H,4-6H2,1-2H3/b8-3-/t7-,9+/m1/s1. The monoisotopic (exact) mass is 140 g/mol. The zero-order valence-electron chi connectivity index (χ0n) is 6.80. The summed E-state index contributed by atoms with van der Waals surface area (Å²) >= 11 is 0. The third-order valence-corrected chi connectivity index (χ3v) is 2.46. The number of allylic oxidation sites excluding steroid dienone is 1. The van der Waals surface area contributed by atoms with E-state index in [2.05, 4.69) is 19.9 Å². The Labute approximate surface area is 62.8 Å². The van der Waals surface area contributed by atoms with Crippen LogP contribution in [0.15, 0.2) is 11.6 Å². The van der Waals surface area contributed by atoms with Crippen LogP contribution in [0.1, 0.15) is 33.1 Å². The number of hydrogen-bond donors (Lipinski definition) is 1. The summed E-state index contributed by atoms with van der Waals surface area (Å²) in [6.45, 7) is 4.18. The summed E-state index contributed by atoms with van der Waals surface area (Å²) in [5.74, 6) is 0.503. The molecule has 0 aromatic heterocycles. The summed E-state index contributed by atoms with van der Waals surface area (Å²) in [5.41, 5.74) is 1.42. The minimum absolute atomic E-state index is 0.0834. The maximum Gasteiger partial charge on any atom is 0.0602 e. The minimum Gasteiger partial charge on any atom is -0.393 e. The van der Waals surface area contributed by atoms with Crippen LogP contribution in [0.4, 0.5) is 0 Å². The molecule has 0 unspecified atom stereocenters. The fourth-order valence-electron chi connectivity index (χ4n) is 1.44. The molecule has 58 valence electrons. The Balaban J connectivity index is 2.48. The highest BCUT2D eigenvalue weighted by Crippen LogP contribution is 2.27. The molecule has 0 heterocycles. The van der Waals surface area contributed by atoms with E-state index in [1.165, 1.54) is 12.0 Å². The van der Waals surface area contributed by atoms with Crippen molar-refractivity contribution in [1.29, 1.82) is 0 Å². The third-order valence-electron chi connectivity index (χ3n) is 2.46. The lowest BCUT2D eigenvalue weighted by Crippen LogP contribution is -2.22. The second-order valence-electron chi connectivity index (χ2n) is 3.23. The van der Waals surface area contributed by atoms with Crippen LogP contribution in [0, 0.1) is 5.92 Å². The fraction of sp³-hybridized carbons (Fsp3) is 0.778. The summed E-state index contributed by atoms with van der Waals surface area (Å²) in [4.78, 5) is 0. The first-order chi connectivity index (χ1) is 4.74. The molecule has 1 heteroatoms. The highest BCUT2D eigenvalue weighted by atomic mass is 16.3. The largest absolute Gasteiger partial charge is 0.393 e. The molecule has 0 aromatic rings. The summed E-state index contributed by atoms with van der Waals surface area (Å²) in [6, 6.07) is 0. The van der Waals surface area contributed by atoms with Gasteiger partial charge in [-0.15, -0.1) is 0 Å². The van der Waals surface area contributed by atoms with E-state index >= 15 is 0 Å². The molecule has 10 heavy (non-hydrogen) atoms. The van der Waals surface area contributed by atoms with Gasteiger partial charge in [0.15, 0.2) is 0 Å². The molecule has 1 aliphatic rings. The molecule has 0 aromatic carbocycles. The topological polar surface area (TPSA) is 20.2 Å². The van der Waals surface area contributed by atoms with Gasteiger partial charge in [0.2, 0.25) is 0 Å². The maximum absolute atomic E-state index is 9.44. The van der Waals surface area contributed by atoms with E-state index in [9.17, 15) is 5.11 Å². The van der Waals surface area contributed by atoms with Crippen molar-refractivity contribution >= 4 is 0 Å². The number of rotatable bonds is 0. The SMILES string of the molecule is C/C=C1/CC[C@@H](C)[C@@H](O)C1. The van der Waals surface area contributed by atoms with Gasteiger partial charge in [0.25, 0.3) is 0 Å². The van der Waals surface area contributed by atoms with Gasteiger partial charge in [-0.1, -0.05) is 18.6 Å². The second-order valence-corrected chi connectivity index (χ2v) is 3.23. The molecule has 0 spiro atoms. The smallest absolute Gasteiger partial charge is 0.0602 e. The normalized spacial score (nSPS) is 38.5. The van der Waals surface area contributed by atoms with Gasteiger partial charge in [0.05, 0.1) is 6.10 Å². The molecule has 0 bridgehead atoms. The van der Waals surface area contributed by atoms with Crippen molar-refractivity contribution in [1.82, 2.24) is 0 Å². The zero-order chi connectivity index (χ0) is 7.56. The van der Waals surface area contributed by atoms with Crippen LogP contribution in [0.5, 0.6) is 0 Å². The van der Waals surface area contributed by atoms with Crippen LogP contribution in [-0.4, -0.2) is 11.2 Å². The lowest BCUT2D eigenvalue weighted by atomic mass is 9.85. The van der Waals surface area contributed by atoms with E-state index in [4.69, 9.17) is 0 Å². The van der Waals surface area contributed by atoms with E-state index in [0.29, 0.717) is 5.92 Å². The van der Waals surface area contributed by atoms with Crippen molar-refractivity contribution in [3.8, 4) is 0 Å². The van der Waals surface area contributed by atoms with Crippen molar-refractivity contribution in [2.24, 2.45) is 5.92 Å². The molecular formula is C9H16O. The van der Waals surface area contributed by atoms with Crippen LogP contribution >= 0.6 is 0 Å². The van der Waals surface area contributed by atoms with Gasteiger partial charge < -0.3 is 5.11 Å². The van der Waals surface area contributed by atoms with E-state index in [0.717, 1.165) is 12.8 Å². The van der Waals surface area contributed by atoms with Crippen LogP contribution < -0.4 is 0 Å². The Morgan fingerprint density at radius 3 is 2.80 bits per heavy atom. The van der Waals surface area contributed by atoms with Crippen molar-refractivity contribution in [3.05, 3.63) is 11.6 Å². The van der Waals surface area contributed by atoms with Crippen molar-refractivity contribution in [2.45, 2.75) is 39.2 Å². The van der Waals surface area contributed by atoms with Crippen molar-refractivity contribution < 1.29 is 5.11 Å². The lowest BCUT2D eigenvalue weighted by molar-refractivity contribution is 0.0978. The Kier molecular flexibility index (Phi) is 2.50. The van der Waals surface area contributed by atoms with Crippen LogP contribution in [0.3, 0.4) is 0 Å². The van der Waals surface area contributed by atoms with Crippen LogP contribution in [0.2, 0.25) is 0 Å². The lowest BCUT2D eigenvalue weighted by Gasteiger charge is -2.26. The molecule has 1 rings (SSSR count). The summed E-state index contributed by atoms with van der Waals surface area (Å²) in [5, 5.41) is 9.44. The Morgan fingerprint density at radius 2 is 2.30 bits per heavy atom. The number of aliphatic hydroxyl groups excluding tert-OH is 1. The molecular weight excluding hydrogens is 124 g/mol. The first-order valence-electron chi connectivity index (χ1n) is 4.06. The summed E-state index contributed by atoms with van der Waals surface area (Å²) < 4.78 is 0. The predicted octanol–water partition coefficient (Wildman–Crippen LogP) is 2.11. The van der Waals surface area contributed by atoms with Gasteiger partial charge in [-0.3, -0.25) is 0 Å². The van der Waals surface area contributed by atoms with Gasteiger partial charge in [-0.2, -0.15) is 0 Å².